The highest BCUT2D eigenvalue weighted by Gasteiger charge is 2.06. The van der Waals surface area contributed by atoms with Crippen LogP contribution in [0.5, 0.6) is 0 Å². The number of hydrogen-bond acceptors (Lipinski definition) is 0. The Kier molecular flexibility index (Phi) is 9.86. The molecule has 0 aliphatic rings. The summed E-state index contributed by atoms with van der Waals surface area (Å²) in [6.07, 6.45) is 8.34. The lowest BCUT2D eigenvalue weighted by Gasteiger charge is -2.11. The van der Waals surface area contributed by atoms with Crippen molar-refractivity contribution in [3.63, 3.8) is 0 Å². The standard InChI is InChI=1S/C13H24F2/c1-3-5-7-8-10-12(9-6-4-2)11-13(14)15/h11-12H,3-10H2,1-2H3. The van der Waals surface area contributed by atoms with Crippen molar-refractivity contribution in [3.8, 4) is 0 Å². The Hall–Kier alpha value is -0.400. The third-order valence-electron chi connectivity index (χ3n) is 2.72. The fourth-order valence-corrected chi connectivity index (χ4v) is 1.79. The van der Waals surface area contributed by atoms with Gasteiger partial charge in [-0.25, -0.2) is 0 Å². The number of hydrogen-bond donors (Lipinski definition) is 0. The fraction of sp³-hybridized carbons (Fsp3) is 0.846. The molecule has 0 aliphatic carbocycles. The number of unbranched alkanes of at least 4 members (excludes halogenated alkanes) is 4. The zero-order chi connectivity index (χ0) is 11.5. The third kappa shape index (κ3) is 9.89. The highest BCUT2D eigenvalue weighted by Crippen LogP contribution is 2.20. The first-order chi connectivity index (χ1) is 7.20. The zero-order valence-corrected chi connectivity index (χ0v) is 10.1. The summed E-state index contributed by atoms with van der Waals surface area (Å²) in [5.41, 5.74) is 0. The summed E-state index contributed by atoms with van der Waals surface area (Å²) < 4.78 is 24.3. The predicted octanol–water partition coefficient (Wildman–Crippen LogP) is 5.54. The van der Waals surface area contributed by atoms with E-state index in [1.54, 1.807) is 0 Å². The molecule has 0 spiro atoms. The summed E-state index contributed by atoms with van der Waals surface area (Å²) in [5.74, 6) is 0.104. The first-order valence-corrected chi connectivity index (χ1v) is 6.23. The fourth-order valence-electron chi connectivity index (χ4n) is 1.79. The van der Waals surface area contributed by atoms with E-state index in [9.17, 15) is 8.78 Å². The molecule has 0 aromatic heterocycles. The molecule has 0 aliphatic heterocycles. The maximum Gasteiger partial charge on any atom is 0.266 e. The van der Waals surface area contributed by atoms with Crippen molar-refractivity contribution < 1.29 is 8.78 Å². The van der Waals surface area contributed by atoms with Gasteiger partial charge in [-0.2, -0.15) is 8.78 Å². The van der Waals surface area contributed by atoms with Crippen molar-refractivity contribution in [2.24, 2.45) is 5.92 Å². The van der Waals surface area contributed by atoms with E-state index in [1.165, 1.54) is 19.3 Å². The number of rotatable bonds is 9. The predicted molar refractivity (Wildman–Crippen MR) is 62.1 cm³/mol. The highest BCUT2D eigenvalue weighted by molar-refractivity contribution is 4.87. The number of halogens is 2. The minimum Gasteiger partial charge on any atom is -0.174 e. The van der Waals surface area contributed by atoms with Crippen molar-refractivity contribution in [2.45, 2.75) is 65.2 Å². The van der Waals surface area contributed by atoms with E-state index in [0.717, 1.165) is 38.2 Å². The second kappa shape index (κ2) is 10.1. The molecule has 0 radical (unpaired) electrons. The van der Waals surface area contributed by atoms with Gasteiger partial charge in [0.05, 0.1) is 0 Å². The molecule has 0 aromatic carbocycles. The summed E-state index contributed by atoms with van der Waals surface area (Å²) in [4.78, 5) is 0. The van der Waals surface area contributed by atoms with Gasteiger partial charge in [0.2, 0.25) is 0 Å². The van der Waals surface area contributed by atoms with Crippen LogP contribution in [0.3, 0.4) is 0 Å². The molecule has 0 saturated carbocycles. The van der Waals surface area contributed by atoms with Gasteiger partial charge in [-0.05, 0) is 24.8 Å². The summed E-state index contributed by atoms with van der Waals surface area (Å²) in [6.45, 7) is 4.26. The van der Waals surface area contributed by atoms with Gasteiger partial charge in [-0.15, -0.1) is 0 Å². The first kappa shape index (κ1) is 14.6. The molecule has 0 aromatic rings. The van der Waals surface area contributed by atoms with E-state index < -0.39 is 6.08 Å². The lowest BCUT2D eigenvalue weighted by Crippen LogP contribution is -1.97. The lowest BCUT2D eigenvalue weighted by molar-refractivity contribution is 0.394. The van der Waals surface area contributed by atoms with Gasteiger partial charge in [0.1, 0.15) is 0 Å². The SMILES string of the molecule is CCCCCCC(C=C(F)F)CCCC. The van der Waals surface area contributed by atoms with Crippen LogP contribution in [0.1, 0.15) is 65.2 Å². The average Bonchev–Trinajstić information content (AvgIpc) is 2.19. The van der Waals surface area contributed by atoms with Crippen molar-refractivity contribution in [2.75, 3.05) is 0 Å². The van der Waals surface area contributed by atoms with Gasteiger partial charge in [0.15, 0.2) is 0 Å². The Labute approximate surface area is 92.8 Å². The summed E-state index contributed by atoms with van der Waals surface area (Å²) in [5, 5.41) is 0. The molecule has 0 nitrogen and oxygen atoms in total. The zero-order valence-electron chi connectivity index (χ0n) is 10.1. The Morgan fingerprint density at radius 2 is 1.53 bits per heavy atom. The van der Waals surface area contributed by atoms with E-state index in [0.29, 0.717) is 0 Å². The van der Waals surface area contributed by atoms with Crippen LogP contribution in [0.15, 0.2) is 12.2 Å². The van der Waals surface area contributed by atoms with Crippen LogP contribution in [0.2, 0.25) is 0 Å². The quantitative estimate of drug-likeness (QED) is 0.445. The molecule has 0 heterocycles. The topological polar surface area (TPSA) is 0 Å². The molecule has 0 bridgehead atoms. The second-order valence-electron chi connectivity index (χ2n) is 4.21. The van der Waals surface area contributed by atoms with Crippen molar-refractivity contribution in [3.05, 3.63) is 12.2 Å². The van der Waals surface area contributed by atoms with E-state index in [1.807, 2.05) is 0 Å². The lowest BCUT2D eigenvalue weighted by atomic mass is 9.95. The smallest absolute Gasteiger partial charge is 0.174 e. The van der Waals surface area contributed by atoms with E-state index in [2.05, 4.69) is 13.8 Å². The minimum absolute atomic E-state index is 0.104. The van der Waals surface area contributed by atoms with Gasteiger partial charge in [-0.3, -0.25) is 0 Å². The molecule has 0 fully saturated rings. The van der Waals surface area contributed by atoms with E-state index in [4.69, 9.17) is 0 Å². The molecule has 0 amide bonds. The van der Waals surface area contributed by atoms with Crippen LogP contribution in [0.4, 0.5) is 8.78 Å². The maximum atomic E-state index is 12.1. The van der Waals surface area contributed by atoms with Crippen LogP contribution in [-0.2, 0) is 0 Å². The van der Waals surface area contributed by atoms with Crippen molar-refractivity contribution in [1.82, 2.24) is 0 Å². The van der Waals surface area contributed by atoms with Gasteiger partial charge in [0.25, 0.3) is 6.08 Å². The van der Waals surface area contributed by atoms with Crippen LogP contribution >= 0.6 is 0 Å². The summed E-state index contributed by atoms with van der Waals surface area (Å²) in [7, 11) is 0. The van der Waals surface area contributed by atoms with Gasteiger partial charge in [0, 0.05) is 0 Å². The third-order valence-corrected chi connectivity index (χ3v) is 2.72. The molecule has 90 valence electrons. The van der Waals surface area contributed by atoms with Crippen molar-refractivity contribution in [1.29, 1.82) is 0 Å². The molecule has 0 saturated heterocycles. The molecule has 0 rings (SSSR count). The first-order valence-electron chi connectivity index (χ1n) is 6.23. The Morgan fingerprint density at radius 1 is 0.933 bits per heavy atom. The maximum absolute atomic E-state index is 12.1. The van der Waals surface area contributed by atoms with Crippen LogP contribution in [-0.4, -0.2) is 0 Å². The van der Waals surface area contributed by atoms with Crippen LogP contribution in [0, 0.1) is 5.92 Å². The second-order valence-corrected chi connectivity index (χ2v) is 4.21. The van der Waals surface area contributed by atoms with Gasteiger partial charge >= 0.3 is 0 Å². The Bertz CT molecular complexity index is 160. The summed E-state index contributed by atoms with van der Waals surface area (Å²) >= 11 is 0. The molecule has 1 unspecified atom stereocenters. The van der Waals surface area contributed by atoms with Gasteiger partial charge < -0.3 is 0 Å². The molecule has 1 atom stereocenters. The molecule has 2 heteroatoms. The van der Waals surface area contributed by atoms with Crippen LogP contribution < -0.4 is 0 Å². The molecule has 0 N–H and O–H groups in total. The van der Waals surface area contributed by atoms with E-state index >= 15 is 0 Å². The molecule has 15 heavy (non-hydrogen) atoms. The largest absolute Gasteiger partial charge is 0.266 e. The number of allylic oxidation sites excluding steroid dienone is 1. The monoisotopic (exact) mass is 218 g/mol. The summed E-state index contributed by atoms with van der Waals surface area (Å²) in [6, 6.07) is 0. The van der Waals surface area contributed by atoms with E-state index in [-0.39, 0.29) is 5.92 Å². The Morgan fingerprint density at radius 3 is 2.07 bits per heavy atom. The van der Waals surface area contributed by atoms with Gasteiger partial charge in [-0.1, -0.05) is 52.4 Å². The van der Waals surface area contributed by atoms with Crippen molar-refractivity contribution >= 4 is 0 Å². The minimum atomic E-state index is -1.51. The normalized spacial score (nSPS) is 12.5. The van der Waals surface area contributed by atoms with Crippen LogP contribution in [0.25, 0.3) is 0 Å². The highest BCUT2D eigenvalue weighted by atomic mass is 19.3. The Balaban J connectivity index is 3.75. The molecular weight excluding hydrogens is 194 g/mol. The molecular formula is C13H24F2. The average molecular weight is 218 g/mol.